The van der Waals surface area contributed by atoms with E-state index in [9.17, 15) is 24.3 Å². The molecule has 0 aliphatic carbocycles. The quantitative estimate of drug-likeness (QED) is 0.0893. The lowest BCUT2D eigenvalue weighted by Crippen LogP contribution is -2.68. The van der Waals surface area contributed by atoms with Crippen LogP contribution in [0.4, 0.5) is 0 Å². The number of methoxy groups -OCH3 is 1. The van der Waals surface area contributed by atoms with Gasteiger partial charge in [-0.15, -0.1) is 0 Å². The molecule has 0 amide bonds. The standard InChI is InChI=1S/C50H45NO11/c1-31-29-32(2)51-44(40(31)30-34-25-27-39(57-4)28-26-34)50(56)45(61-49(55)38-23-15-8-16-24-38)43(60-48(54)37-21-13-7-14-22-37)42(59-47(53)36-19-11-6-12-20-36)41(62-50)33(3)58-46(52)35-17-9-5-10-18-35/h5-29,33,41-43,45,56H,30H2,1-4H3/t33-,41+,42+,43-,45+,50+/m0/s1. The van der Waals surface area contributed by atoms with Crippen LogP contribution in [-0.2, 0) is 35.9 Å². The fourth-order valence-electron chi connectivity index (χ4n) is 7.38. The lowest BCUT2D eigenvalue weighted by Gasteiger charge is -2.50. The monoisotopic (exact) mass is 835 g/mol. The minimum Gasteiger partial charge on any atom is -0.497 e. The van der Waals surface area contributed by atoms with E-state index in [1.165, 1.54) is 43.3 Å². The van der Waals surface area contributed by atoms with Gasteiger partial charge in [0.25, 0.3) is 5.79 Å². The van der Waals surface area contributed by atoms with E-state index >= 15 is 0 Å². The Morgan fingerprint density at radius 1 is 0.645 bits per heavy atom. The van der Waals surface area contributed by atoms with Gasteiger partial charge in [-0.3, -0.25) is 4.98 Å². The van der Waals surface area contributed by atoms with E-state index in [1.807, 2.05) is 25.1 Å². The molecule has 316 valence electrons. The molecular weight excluding hydrogens is 791 g/mol. The summed E-state index contributed by atoms with van der Waals surface area (Å²) in [6, 6.07) is 41.4. The molecule has 5 aromatic carbocycles. The molecule has 1 fully saturated rings. The van der Waals surface area contributed by atoms with Crippen LogP contribution in [0.3, 0.4) is 0 Å². The zero-order valence-electron chi connectivity index (χ0n) is 34.5. The van der Waals surface area contributed by atoms with Crippen LogP contribution >= 0.6 is 0 Å². The number of esters is 4. The average molecular weight is 836 g/mol. The van der Waals surface area contributed by atoms with Gasteiger partial charge in [0.15, 0.2) is 12.2 Å². The Labute approximate surface area is 359 Å². The number of ether oxygens (including phenoxy) is 6. The van der Waals surface area contributed by atoms with Gasteiger partial charge in [0.2, 0.25) is 6.10 Å². The van der Waals surface area contributed by atoms with Crippen molar-refractivity contribution in [3.8, 4) is 5.75 Å². The second-order valence-corrected chi connectivity index (χ2v) is 14.9. The second-order valence-electron chi connectivity index (χ2n) is 14.9. The number of hydrogen-bond acceptors (Lipinski definition) is 12. The van der Waals surface area contributed by atoms with Gasteiger partial charge in [0.05, 0.1) is 29.4 Å². The summed E-state index contributed by atoms with van der Waals surface area (Å²) in [6.07, 6.45) is -8.17. The average Bonchev–Trinajstić information content (AvgIpc) is 3.30. The lowest BCUT2D eigenvalue weighted by molar-refractivity contribution is -0.362. The predicted molar refractivity (Wildman–Crippen MR) is 227 cm³/mol. The fourth-order valence-corrected chi connectivity index (χ4v) is 7.38. The summed E-state index contributed by atoms with van der Waals surface area (Å²) >= 11 is 0. The van der Waals surface area contributed by atoms with Gasteiger partial charge in [0, 0.05) is 5.69 Å². The summed E-state index contributed by atoms with van der Waals surface area (Å²) in [5.41, 5.74) is 2.93. The van der Waals surface area contributed by atoms with Crippen molar-refractivity contribution in [1.82, 2.24) is 4.98 Å². The van der Waals surface area contributed by atoms with Crippen molar-refractivity contribution in [2.24, 2.45) is 0 Å². The van der Waals surface area contributed by atoms with Crippen LogP contribution in [0.1, 0.15) is 76.4 Å². The first-order valence-corrected chi connectivity index (χ1v) is 20.0. The first-order chi connectivity index (χ1) is 29.9. The van der Waals surface area contributed by atoms with E-state index in [0.717, 1.165) is 5.56 Å². The van der Waals surface area contributed by atoms with Crippen LogP contribution in [-0.4, -0.2) is 71.6 Å². The maximum Gasteiger partial charge on any atom is 0.338 e. The number of nitrogens with zero attached hydrogens (tertiary/aromatic N) is 1. The van der Waals surface area contributed by atoms with Gasteiger partial charge in [-0.25, -0.2) is 19.2 Å². The first kappa shape index (κ1) is 43.0. The molecule has 1 N–H and O–H groups in total. The van der Waals surface area contributed by atoms with Crippen LogP contribution in [0, 0.1) is 13.8 Å². The maximum absolute atomic E-state index is 14.2. The summed E-state index contributed by atoms with van der Waals surface area (Å²) in [4.78, 5) is 61.1. The van der Waals surface area contributed by atoms with Crippen molar-refractivity contribution in [1.29, 1.82) is 0 Å². The Bertz CT molecular complexity index is 2500. The Morgan fingerprint density at radius 2 is 1.10 bits per heavy atom. The summed E-state index contributed by atoms with van der Waals surface area (Å²) in [7, 11) is 1.56. The molecule has 1 aromatic heterocycles. The molecule has 7 rings (SSSR count). The van der Waals surface area contributed by atoms with Gasteiger partial charge in [-0.1, -0.05) is 84.9 Å². The molecule has 12 heteroatoms. The van der Waals surface area contributed by atoms with Crippen molar-refractivity contribution in [3.63, 3.8) is 0 Å². The molecule has 1 aliphatic heterocycles. The summed E-state index contributed by atoms with van der Waals surface area (Å²) in [5.74, 6) is -5.57. The summed E-state index contributed by atoms with van der Waals surface area (Å²) in [6.45, 7) is 5.06. The second kappa shape index (κ2) is 19.1. The Morgan fingerprint density at radius 3 is 1.58 bits per heavy atom. The van der Waals surface area contributed by atoms with Gasteiger partial charge in [-0.05, 0) is 111 Å². The van der Waals surface area contributed by atoms with Crippen LogP contribution in [0.2, 0.25) is 0 Å². The fraction of sp³-hybridized carbons (Fsp3) is 0.220. The highest BCUT2D eigenvalue weighted by Gasteiger charge is 2.63. The predicted octanol–water partition coefficient (Wildman–Crippen LogP) is 7.76. The Balaban J connectivity index is 1.44. The van der Waals surface area contributed by atoms with E-state index in [4.69, 9.17) is 33.4 Å². The Kier molecular flexibility index (Phi) is 13.2. The summed E-state index contributed by atoms with van der Waals surface area (Å²) in [5, 5.41) is 13.5. The van der Waals surface area contributed by atoms with Crippen molar-refractivity contribution in [2.75, 3.05) is 7.11 Å². The maximum atomic E-state index is 14.2. The van der Waals surface area contributed by atoms with Crippen LogP contribution in [0.25, 0.3) is 0 Å². The topological polar surface area (TPSA) is 157 Å². The van der Waals surface area contributed by atoms with Gasteiger partial charge in [0.1, 0.15) is 23.7 Å². The van der Waals surface area contributed by atoms with Gasteiger partial charge in [-0.2, -0.15) is 0 Å². The number of aromatic nitrogens is 1. The molecule has 62 heavy (non-hydrogen) atoms. The minimum atomic E-state index is -2.77. The highest BCUT2D eigenvalue weighted by atomic mass is 16.7. The number of benzene rings is 5. The van der Waals surface area contributed by atoms with Gasteiger partial charge >= 0.3 is 23.9 Å². The zero-order chi connectivity index (χ0) is 43.8. The number of carbonyl (C=O) groups excluding carboxylic acids is 4. The number of rotatable bonds is 13. The molecule has 1 saturated heterocycles. The third-order valence-corrected chi connectivity index (χ3v) is 10.5. The van der Waals surface area contributed by atoms with E-state index in [0.29, 0.717) is 22.6 Å². The van der Waals surface area contributed by atoms with Crippen LogP contribution < -0.4 is 4.74 Å². The number of aliphatic hydroxyl groups is 1. The van der Waals surface area contributed by atoms with E-state index in [2.05, 4.69) is 0 Å². The number of pyridine rings is 1. The number of hydrogen-bond donors (Lipinski definition) is 1. The number of aryl methyl sites for hydroxylation is 2. The molecule has 0 saturated carbocycles. The van der Waals surface area contributed by atoms with Crippen molar-refractivity contribution < 1.29 is 52.7 Å². The molecule has 0 radical (unpaired) electrons. The van der Waals surface area contributed by atoms with Crippen molar-refractivity contribution in [2.45, 2.75) is 63.5 Å². The van der Waals surface area contributed by atoms with Crippen molar-refractivity contribution in [3.05, 3.63) is 202 Å². The van der Waals surface area contributed by atoms with Gasteiger partial charge < -0.3 is 33.5 Å². The molecule has 0 bridgehead atoms. The molecular formula is C50H45NO11. The molecule has 1 aliphatic rings. The van der Waals surface area contributed by atoms with Crippen molar-refractivity contribution >= 4 is 23.9 Å². The van der Waals surface area contributed by atoms with Crippen LogP contribution in [0.15, 0.2) is 152 Å². The first-order valence-electron chi connectivity index (χ1n) is 20.0. The molecule has 12 nitrogen and oxygen atoms in total. The normalized spacial score (nSPS) is 20.0. The third kappa shape index (κ3) is 9.57. The SMILES string of the molecule is COc1ccc(Cc2c(C)cc(C)nc2[C@@]2(O)O[C@H]([C@H](C)OC(=O)c3ccccc3)[C@@H](OC(=O)c3ccccc3)[C@H](OC(=O)c3ccccc3)[C@H]2OC(=O)c2ccccc2)cc1. The zero-order valence-corrected chi connectivity index (χ0v) is 34.5. The third-order valence-electron chi connectivity index (χ3n) is 10.5. The Hall–Kier alpha value is -7.15. The minimum absolute atomic E-state index is 0.0724. The highest BCUT2D eigenvalue weighted by molar-refractivity contribution is 5.91. The van der Waals surface area contributed by atoms with E-state index in [1.54, 1.807) is 111 Å². The molecule has 0 unspecified atom stereocenters. The highest BCUT2D eigenvalue weighted by Crippen LogP contribution is 2.44. The lowest BCUT2D eigenvalue weighted by atomic mass is 9.84. The molecule has 6 aromatic rings. The van der Waals surface area contributed by atoms with Crippen LogP contribution in [0.5, 0.6) is 5.75 Å². The smallest absolute Gasteiger partial charge is 0.338 e. The summed E-state index contributed by atoms with van der Waals surface area (Å²) < 4.78 is 36.9. The van der Waals surface area contributed by atoms with E-state index < -0.39 is 60.2 Å². The molecule has 0 spiro atoms. The molecule has 2 heterocycles. The molecule has 6 atom stereocenters. The van der Waals surface area contributed by atoms with E-state index in [-0.39, 0.29) is 34.4 Å². The number of carbonyl (C=O) groups is 4. The largest absolute Gasteiger partial charge is 0.497 e.